The molecule has 0 amide bonds. The van der Waals surface area contributed by atoms with E-state index in [2.05, 4.69) is 229 Å². The van der Waals surface area contributed by atoms with Gasteiger partial charge in [0.25, 0.3) is 0 Å². The molecule has 10 aromatic carbocycles. The summed E-state index contributed by atoms with van der Waals surface area (Å²) in [6.07, 6.45) is 0. The average molecular weight is 756 g/mol. The van der Waals surface area contributed by atoms with Gasteiger partial charge in [-0.2, -0.15) is 0 Å². The van der Waals surface area contributed by atoms with E-state index in [-0.39, 0.29) is 0 Å². The highest BCUT2D eigenvalue weighted by atomic mass is 32.1. The summed E-state index contributed by atoms with van der Waals surface area (Å²) in [5, 5.41) is 7.49. The Balaban J connectivity index is 1.07. The summed E-state index contributed by atoms with van der Waals surface area (Å²) in [5.74, 6) is 0. The monoisotopic (exact) mass is 755 g/mol. The Morgan fingerprint density at radius 2 is 0.810 bits per heavy atom. The zero-order valence-corrected chi connectivity index (χ0v) is 32.5. The number of hydrogen-bond acceptors (Lipinski definition) is 2. The van der Waals surface area contributed by atoms with Gasteiger partial charge in [-0.3, -0.25) is 0 Å². The predicted molar refractivity (Wildman–Crippen MR) is 251 cm³/mol. The van der Waals surface area contributed by atoms with Crippen molar-refractivity contribution in [2.24, 2.45) is 0 Å². The topological polar surface area (TPSA) is 3.24 Å². The van der Waals surface area contributed by atoms with Crippen LogP contribution in [0.4, 0.5) is 17.1 Å². The highest BCUT2D eigenvalue weighted by Gasteiger charge is 2.20. The lowest BCUT2D eigenvalue weighted by Crippen LogP contribution is -2.10. The summed E-state index contributed by atoms with van der Waals surface area (Å²) in [5.41, 5.74) is 13.2. The minimum atomic E-state index is 1.11. The molecule has 0 atom stereocenters. The number of thiophene rings is 1. The maximum atomic E-state index is 2.45. The molecule has 0 saturated heterocycles. The van der Waals surface area contributed by atoms with Crippen molar-refractivity contribution in [3.05, 3.63) is 224 Å². The first-order valence-electron chi connectivity index (χ1n) is 19.8. The van der Waals surface area contributed by atoms with E-state index in [4.69, 9.17) is 0 Å². The first kappa shape index (κ1) is 34.0. The molecule has 0 spiro atoms. The van der Waals surface area contributed by atoms with Crippen LogP contribution >= 0.6 is 11.3 Å². The second kappa shape index (κ2) is 14.4. The second-order valence-electron chi connectivity index (χ2n) is 14.9. The molecule has 2 heteroatoms. The van der Waals surface area contributed by atoms with Gasteiger partial charge in [-0.1, -0.05) is 182 Å². The minimum absolute atomic E-state index is 1.11. The van der Waals surface area contributed by atoms with Gasteiger partial charge < -0.3 is 4.90 Å². The predicted octanol–water partition coefficient (Wildman–Crippen LogP) is 16.5. The van der Waals surface area contributed by atoms with Gasteiger partial charge in [-0.05, 0) is 109 Å². The molecule has 1 heterocycles. The number of fused-ring (bicyclic) bond motifs is 5. The fraction of sp³-hybridized carbons (Fsp3) is 0. The van der Waals surface area contributed by atoms with Crippen LogP contribution in [0.2, 0.25) is 0 Å². The van der Waals surface area contributed by atoms with E-state index < -0.39 is 0 Å². The Hall–Kier alpha value is -7.26. The van der Waals surface area contributed by atoms with Crippen LogP contribution in [0.3, 0.4) is 0 Å². The van der Waals surface area contributed by atoms with Crippen molar-refractivity contribution in [2.75, 3.05) is 4.90 Å². The van der Waals surface area contributed by atoms with E-state index in [1.54, 1.807) is 0 Å². The fourth-order valence-corrected chi connectivity index (χ4v) is 9.90. The van der Waals surface area contributed by atoms with Crippen molar-refractivity contribution in [1.29, 1.82) is 0 Å². The van der Waals surface area contributed by atoms with Crippen LogP contribution in [-0.4, -0.2) is 0 Å². The van der Waals surface area contributed by atoms with Gasteiger partial charge in [0.05, 0.1) is 10.4 Å². The third kappa shape index (κ3) is 6.03. The SMILES string of the molecule is c1ccc(-c2ccc3ccc(N(c4ccc(-c5ccc6cccc(-c7ccccc7)c6c5)cc4)c4cccc5c4sc4c(-c6ccccc6)cccc45)cc3c2)cc1. The molecule has 58 heavy (non-hydrogen) atoms. The van der Waals surface area contributed by atoms with Gasteiger partial charge in [-0.25, -0.2) is 0 Å². The number of anilines is 3. The van der Waals surface area contributed by atoms with Crippen LogP contribution < -0.4 is 4.90 Å². The van der Waals surface area contributed by atoms with Crippen molar-refractivity contribution >= 4 is 70.1 Å². The molecule has 1 aromatic heterocycles. The summed E-state index contributed by atoms with van der Waals surface area (Å²) in [6, 6.07) is 81.9. The Morgan fingerprint density at radius 3 is 1.55 bits per heavy atom. The number of benzene rings is 10. The Morgan fingerprint density at radius 1 is 0.276 bits per heavy atom. The van der Waals surface area contributed by atoms with Crippen molar-refractivity contribution < 1.29 is 0 Å². The van der Waals surface area contributed by atoms with Crippen LogP contribution in [-0.2, 0) is 0 Å². The normalized spacial score (nSPS) is 11.4. The third-order valence-corrected chi connectivity index (χ3v) is 12.7. The van der Waals surface area contributed by atoms with Crippen molar-refractivity contribution in [1.82, 2.24) is 0 Å². The molecule has 11 aromatic rings. The molecule has 0 unspecified atom stereocenters. The van der Waals surface area contributed by atoms with E-state index in [1.807, 2.05) is 11.3 Å². The summed E-state index contributed by atoms with van der Waals surface area (Å²) < 4.78 is 2.58. The number of rotatable bonds is 7. The van der Waals surface area contributed by atoms with Gasteiger partial charge in [0, 0.05) is 26.8 Å². The average Bonchev–Trinajstić information content (AvgIpc) is 3.69. The van der Waals surface area contributed by atoms with Crippen LogP contribution in [0.5, 0.6) is 0 Å². The summed E-state index contributed by atoms with van der Waals surface area (Å²) in [4.78, 5) is 2.45. The van der Waals surface area contributed by atoms with Gasteiger partial charge in [0.2, 0.25) is 0 Å². The highest BCUT2D eigenvalue weighted by molar-refractivity contribution is 7.27. The first-order valence-corrected chi connectivity index (χ1v) is 20.6. The summed E-state index contributed by atoms with van der Waals surface area (Å²) in [7, 11) is 0. The van der Waals surface area contributed by atoms with E-state index in [9.17, 15) is 0 Å². The number of nitrogens with zero attached hydrogens (tertiary/aromatic N) is 1. The van der Waals surface area contributed by atoms with Crippen LogP contribution in [0.15, 0.2) is 224 Å². The van der Waals surface area contributed by atoms with Crippen LogP contribution in [0, 0.1) is 0 Å². The molecule has 0 aliphatic carbocycles. The lowest BCUT2D eigenvalue weighted by Gasteiger charge is -2.27. The molecule has 11 rings (SSSR count). The van der Waals surface area contributed by atoms with E-state index in [0.717, 1.165) is 11.4 Å². The second-order valence-corrected chi connectivity index (χ2v) is 15.9. The van der Waals surface area contributed by atoms with Crippen LogP contribution in [0.25, 0.3) is 86.2 Å². The minimum Gasteiger partial charge on any atom is -0.309 e. The largest absolute Gasteiger partial charge is 0.309 e. The Bertz CT molecular complexity index is 3260. The summed E-state index contributed by atoms with van der Waals surface area (Å²) >= 11 is 1.89. The van der Waals surface area contributed by atoms with Crippen LogP contribution in [0.1, 0.15) is 0 Å². The van der Waals surface area contributed by atoms with Gasteiger partial charge in [0.15, 0.2) is 0 Å². The molecule has 0 radical (unpaired) electrons. The zero-order valence-electron chi connectivity index (χ0n) is 31.7. The first-order chi connectivity index (χ1) is 28.7. The molecular formula is C56H37NS. The Labute approximate surface area is 342 Å². The van der Waals surface area contributed by atoms with E-state index in [1.165, 1.54) is 91.9 Å². The molecule has 0 aliphatic heterocycles. The molecule has 1 nitrogen and oxygen atoms in total. The third-order valence-electron chi connectivity index (χ3n) is 11.4. The van der Waals surface area contributed by atoms with Crippen molar-refractivity contribution in [2.45, 2.75) is 0 Å². The smallest absolute Gasteiger partial charge is 0.0640 e. The summed E-state index contributed by atoms with van der Waals surface area (Å²) in [6.45, 7) is 0. The number of hydrogen-bond donors (Lipinski definition) is 0. The molecule has 0 aliphatic rings. The molecule has 0 N–H and O–H groups in total. The fourth-order valence-electron chi connectivity index (χ4n) is 8.56. The van der Waals surface area contributed by atoms with Gasteiger partial charge in [0.1, 0.15) is 0 Å². The molecule has 0 fully saturated rings. The van der Waals surface area contributed by atoms with Crippen molar-refractivity contribution in [3.63, 3.8) is 0 Å². The Kier molecular flexibility index (Phi) is 8.42. The molecular weight excluding hydrogens is 719 g/mol. The van der Waals surface area contributed by atoms with Gasteiger partial charge >= 0.3 is 0 Å². The molecule has 0 saturated carbocycles. The standard InChI is InChI=1S/C56H37NS/c1-4-13-38(14-5-1)44-27-25-40-31-34-48(36-46(40)35-44)57(54-24-12-23-52-51-22-11-21-50(55(51)58-56(52)54)42-17-8-3-9-18-42)47-32-29-39(30-33-47)45-28-26-43-19-10-20-49(53(43)37-45)41-15-6-2-7-16-41/h1-37H. The lowest BCUT2D eigenvalue weighted by molar-refractivity contribution is 1.31. The van der Waals surface area contributed by atoms with E-state index in [0.29, 0.717) is 0 Å². The zero-order chi connectivity index (χ0) is 38.4. The maximum absolute atomic E-state index is 2.45. The van der Waals surface area contributed by atoms with Crippen molar-refractivity contribution in [3.8, 4) is 44.5 Å². The maximum Gasteiger partial charge on any atom is 0.0640 e. The molecule has 272 valence electrons. The van der Waals surface area contributed by atoms with Gasteiger partial charge in [-0.15, -0.1) is 11.3 Å². The quantitative estimate of drug-likeness (QED) is 0.157. The highest BCUT2D eigenvalue weighted by Crippen LogP contribution is 2.47. The van der Waals surface area contributed by atoms with E-state index >= 15 is 0 Å². The molecule has 0 bridgehead atoms. The lowest BCUT2D eigenvalue weighted by atomic mass is 9.95.